The molecule has 1 N–H and O–H groups in total. The van der Waals surface area contributed by atoms with Gasteiger partial charge in [-0.15, -0.1) is 0 Å². The van der Waals surface area contributed by atoms with Crippen LogP contribution in [0.5, 0.6) is 5.75 Å². The van der Waals surface area contributed by atoms with Crippen molar-refractivity contribution in [2.24, 2.45) is 0 Å². The summed E-state index contributed by atoms with van der Waals surface area (Å²) >= 11 is 1.50. The van der Waals surface area contributed by atoms with Crippen molar-refractivity contribution in [3.63, 3.8) is 0 Å². The largest absolute Gasteiger partial charge is 0.492 e. The number of nitrogens with zero attached hydrogens (tertiary/aromatic N) is 2. The average Bonchev–Trinajstić information content (AvgIpc) is 3.35. The van der Waals surface area contributed by atoms with Crippen LogP contribution in [-0.4, -0.2) is 44.7 Å². The lowest BCUT2D eigenvalue weighted by Gasteiger charge is -2.19. The standard InChI is InChI=1S/C23H25N3O3S/c1-4-28-18-11-7-12-20-21(18)24-23(30-20)26(14-8-13-25(2)3)22(27)19-15-16-9-5-6-10-17(16)29-19/h5-7,9-12,15H,4,8,13-14H2,1-3H3/p+1. The summed E-state index contributed by atoms with van der Waals surface area (Å²) in [5, 5.41) is 1.58. The summed E-state index contributed by atoms with van der Waals surface area (Å²) in [6.45, 7) is 4.05. The van der Waals surface area contributed by atoms with E-state index in [2.05, 4.69) is 14.1 Å². The van der Waals surface area contributed by atoms with Gasteiger partial charge in [0.25, 0.3) is 5.91 Å². The number of nitrogens with one attached hydrogen (secondary N) is 1. The van der Waals surface area contributed by atoms with E-state index >= 15 is 0 Å². The third-order valence-corrected chi connectivity index (χ3v) is 5.88. The summed E-state index contributed by atoms with van der Waals surface area (Å²) in [4.78, 5) is 21.3. The highest BCUT2D eigenvalue weighted by Crippen LogP contribution is 2.35. The van der Waals surface area contributed by atoms with Gasteiger partial charge in [0.15, 0.2) is 10.9 Å². The number of quaternary nitrogens is 1. The molecule has 2 aromatic heterocycles. The molecular formula is C23H26N3O3S+. The molecule has 0 bridgehead atoms. The molecule has 2 aromatic carbocycles. The molecule has 156 valence electrons. The molecule has 0 atom stereocenters. The number of thiazole rings is 1. The number of carbonyl (C=O) groups excluding carboxylic acids is 1. The second-order valence-electron chi connectivity index (χ2n) is 7.45. The van der Waals surface area contributed by atoms with Crippen molar-refractivity contribution in [1.29, 1.82) is 0 Å². The number of anilines is 1. The number of fused-ring (bicyclic) bond motifs is 2. The highest BCUT2D eigenvalue weighted by molar-refractivity contribution is 7.22. The van der Waals surface area contributed by atoms with Gasteiger partial charge in [0.1, 0.15) is 16.8 Å². The van der Waals surface area contributed by atoms with Gasteiger partial charge >= 0.3 is 0 Å². The molecule has 0 spiro atoms. The number of aromatic nitrogens is 1. The molecule has 2 heterocycles. The van der Waals surface area contributed by atoms with Gasteiger partial charge in [0.05, 0.1) is 31.9 Å². The lowest BCUT2D eigenvalue weighted by Crippen LogP contribution is -3.05. The van der Waals surface area contributed by atoms with E-state index in [1.165, 1.54) is 16.2 Å². The second kappa shape index (κ2) is 8.85. The summed E-state index contributed by atoms with van der Waals surface area (Å²) < 4.78 is 12.6. The van der Waals surface area contributed by atoms with Gasteiger partial charge in [-0.3, -0.25) is 9.69 Å². The highest BCUT2D eigenvalue weighted by Gasteiger charge is 2.25. The van der Waals surface area contributed by atoms with E-state index in [0.29, 0.717) is 29.6 Å². The highest BCUT2D eigenvalue weighted by atomic mass is 32.1. The third-order valence-electron chi connectivity index (χ3n) is 4.84. The maximum absolute atomic E-state index is 13.4. The van der Waals surface area contributed by atoms with E-state index in [0.717, 1.165) is 34.3 Å². The SMILES string of the molecule is CCOc1cccc2sc(N(CCC[NH+](C)C)C(=O)c3cc4ccccc4o3)nc12. The number of hydrogen-bond donors (Lipinski definition) is 1. The Morgan fingerprint density at radius 3 is 2.80 bits per heavy atom. The topological polar surface area (TPSA) is 60.0 Å². The fourth-order valence-electron chi connectivity index (χ4n) is 3.39. The maximum atomic E-state index is 13.4. The van der Waals surface area contributed by atoms with E-state index in [9.17, 15) is 4.79 Å². The number of amides is 1. The average molecular weight is 425 g/mol. The van der Waals surface area contributed by atoms with Crippen LogP contribution in [-0.2, 0) is 0 Å². The molecule has 0 radical (unpaired) electrons. The Labute approximate surface area is 179 Å². The molecular weight excluding hydrogens is 398 g/mol. The van der Waals surface area contributed by atoms with Crippen molar-refractivity contribution in [1.82, 2.24) is 4.98 Å². The van der Waals surface area contributed by atoms with Crippen LogP contribution in [0.15, 0.2) is 52.9 Å². The minimum atomic E-state index is -0.169. The van der Waals surface area contributed by atoms with Crippen molar-refractivity contribution in [3.05, 3.63) is 54.3 Å². The lowest BCUT2D eigenvalue weighted by atomic mass is 10.2. The van der Waals surface area contributed by atoms with Crippen LogP contribution >= 0.6 is 11.3 Å². The molecule has 1 amide bonds. The Bertz CT molecular complexity index is 1130. The predicted octanol–water partition coefficient (Wildman–Crippen LogP) is 3.62. The van der Waals surface area contributed by atoms with Crippen LogP contribution in [0.3, 0.4) is 0 Å². The van der Waals surface area contributed by atoms with E-state index in [-0.39, 0.29) is 5.91 Å². The summed E-state index contributed by atoms with van der Waals surface area (Å²) in [7, 11) is 4.22. The normalized spacial score (nSPS) is 11.5. The molecule has 0 aliphatic carbocycles. The van der Waals surface area contributed by atoms with Crippen molar-refractivity contribution in [2.45, 2.75) is 13.3 Å². The van der Waals surface area contributed by atoms with Crippen molar-refractivity contribution < 1.29 is 18.8 Å². The Hall–Kier alpha value is -2.90. The quantitative estimate of drug-likeness (QED) is 0.469. The van der Waals surface area contributed by atoms with E-state index in [1.807, 2.05) is 49.4 Å². The number of furan rings is 1. The predicted molar refractivity (Wildman–Crippen MR) is 121 cm³/mol. The molecule has 0 aliphatic heterocycles. The molecule has 4 rings (SSSR count). The Morgan fingerprint density at radius 2 is 2.03 bits per heavy atom. The number of hydrogen-bond acceptors (Lipinski definition) is 5. The maximum Gasteiger partial charge on any atom is 0.295 e. The van der Waals surface area contributed by atoms with E-state index in [4.69, 9.17) is 14.1 Å². The number of benzene rings is 2. The molecule has 0 unspecified atom stereocenters. The zero-order valence-electron chi connectivity index (χ0n) is 17.5. The van der Waals surface area contributed by atoms with Gasteiger partial charge in [-0.25, -0.2) is 4.98 Å². The van der Waals surface area contributed by atoms with Gasteiger partial charge in [-0.05, 0) is 31.2 Å². The summed E-state index contributed by atoms with van der Waals surface area (Å²) in [5.74, 6) is 0.904. The molecule has 0 saturated heterocycles. The second-order valence-corrected chi connectivity index (χ2v) is 8.46. The fraction of sp³-hybridized carbons (Fsp3) is 0.304. The summed E-state index contributed by atoms with van der Waals surface area (Å²) in [6.07, 6.45) is 0.864. The van der Waals surface area contributed by atoms with Gasteiger partial charge in [-0.1, -0.05) is 35.6 Å². The van der Waals surface area contributed by atoms with E-state index < -0.39 is 0 Å². The van der Waals surface area contributed by atoms with Crippen LogP contribution in [0, 0.1) is 0 Å². The van der Waals surface area contributed by atoms with Gasteiger partial charge in [0, 0.05) is 18.4 Å². The minimum absolute atomic E-state index is 0.169. The van der Waals surface area contributed by atoms with Crippen LogP contribution in [0.2, 0.25) is 0 Å². The molecule has 7 heteroatoms. The first kappa shape index (κ1) is 20.4. The smallest absolute Gasteiger partial charge is 0.295 e. The molecule has 0 saturated carbocycles. The number of rotatable bonds is 8. The Balaban J connectivity index is 1.71. The fourth-order valence-corrected chi connectivity index (χ4v) is 4.40. The molecule has 0 fully saturated rings. The van der Waals surface area contributed by atoms with Crippen molar-refractivity contribution in [2.75, 3.05) is 38.7 Å². The van der Waals surface area contributed by atoms with Crippen LogP contribution in [0.1, 0.15) is 23.9 Å². The van der Waals surface area contributed by atoms with Gasteiger partial charge in [0.2, 0.25) is 0 Å². The zero-order chi connectivity index (χ0) is 21.1. The number of para-hydroxylation sites is 2. The minimum Gasteiger partial charge on any atom is -0.492 e. The summed E-state index contributed by atoms with van der Waals surface area (Å²) in [5.41, 5.74) is 1.50. The van der Waals surface area contributed by atoms with Crippen molar-refractivity contribution in [3.8, 4) is 5.75 Å². The first-order valence-corrected chi connectivity index (χ1v) is 11.0. The van der Waals surface area contributed by atoms with E-state index in [1.54, 1.807) is 11.0 Å². The summed E-state index contributed by atoms with van der Waals surface area (Å²) in [6, 6.07) is 15.3. The molecule has 30 heavy (non-hydrogen) atoms. The molecule has 4 aromatic rings. The Kier molecular flexibility index (Phi) is 6.01. The van der Waals surface area contributed by atoms with Crippen molar-refractivity contribution >= 4 is 43.6 Å². The Morgan fingerprint density at radius 1 is 1.20 bits per heavy atom. The number of ether oxygens (including phenoxy) is 1. The van der Waals surface area contributed by atoms with Crippen LogP contribution in [0.25, 0.3) is 21.2 Å². The lowest BCUT2D eigenvalue weighted by molar-refractivity contribution is -0.858. The number of carbonyl (C=O) groups is 1. The molecule has 0 aliphatic rings. The van der Waals surface area contributed by atoms with Crippen LogP contribution < -0.4 is 14.5 Å². The monoisotopic (exact) mass is 424 g/mol. The van der Waals surface area contributed by atoms with Gasteiger partial charge < -0.3 is 14.1 Å². The first-order chi connectivity index (χ1) is 14.6. The third kappa shape index (κ3) is 4.17. The zero-order valence-corrected chi connectivity index (χ0v) is 18.3. The first-order valence-electron chi connectivity index (χ1n) is 10.2. The van der Waals surface area contributed by atoms with Gasteiger partial charge in [-0.2, -0.15) is 0 Å². The van der Waals surface area contributed by atoms with Crippen LogP contribution in [0.4, 0.5) is 5.13 Å². The molecule has 6 nitrogen and oxygen atoms in total.